The van der Waals surface area contributed by atoms with Crippen LogP contribution in [-0.2, 0) is 11.3 Å². The summed E-state index contributed by atoms with van der Waals surface area (Å²) in [5.74, 6) is 0.309. The Kier molecular flexibility index (Phi) is 5.35. The molecule has 0 saturated carbocycles. The molecule has 156 valence electrons. The smallest absolute Gasteiger partial charge is 0.414 e. The Balaban J connectivity index is 0.00000218. The van der Waals surface area contributed by atoms with Gasteiger partial charge in [0.05, 0.1) is 36.7 Å². The van der Waals surface area contributed by atoms with Crippen molar-refractivity contribution >= 4 is 29.9 Å². The van der Waals surface area contributed by atoms with E-state index in [0.29, 0.717) is 42.8 Å². The van der Waals surface area contributed by atoms with Gasteiger partial charge in [0.25, 0.3) is 0 Å². The Morgan fingerprint density at radius 2 is 2.17 bits per heavy atom. The SMILES string of the molecule is Cl.N#CC1=CC2CN(c3ccc(N4C[C@H](Cn5ccnn5)OC4=O)cc3F)CC2C1. The van der Waals surface area contributed by atoms with E-state index in [0.717, 1.165) is 18.5 Å². The number of allylic oxidation sites excluding steroid dienone is 1. The summed E-state index contributed by atoms with van der Waals surface area (Å²) in [5, 5.41) is 16.7. The number of amides is 1. The molecule has 0 bridgehead atoms. The van der Waals surface area contributed by atoms with Crippen molar-refractivity contribution in [3.63, 3.8) is 0 Å². The summed E-state index contributed by atoms with van der Waals surface area (Å²) in [7, 11) is 0. The second kappa shape index (κ2) is 7.95. The number of aromatic nitrogens is 3. The van der Waals surface area contributed by atoms with Crippen molar-refractivity contribution in [2.75, 3.05) is 29.4 Å². The summed E-state index contributed by atoms with van der Waals surface area (Å²) in [6.45, 7) is 2.16. The van der Waals surface area contributed by atoms with Gasteiger partial charge in [-0.15, -0.1) is 17.5 Å². The van der Waals surface area contributed by atoms with E-state index in [-0.39, 0.29) is 24.3 Å². The minimum absolute atomic E-state index is 0. The highest BCUT2D eigenvalue weighted by atomic mass is 35.5. The number of benzene rings is 1. The van der Waals surface area contributed by atoms with Crippen LogP contribution in [0.1, 0.15) is 6.42 Å². The van der Waals surface area contributed by atoms with E-state index in [1.807, 2.05) is 11.0 Å². The van der Waals surface area contributed by atoms with Gasteiger partial charge in [0.2, 0.25) is 0 Å². The lowest BCUT2D eigenvalue weighted by atomic mass is 10.00. The molecule has 2 saturated heterocycles. The first-order chi connectivity index (χ1) is 14.1. The van der Waals surface area contributed by atoms with Gasteiger partial charge in [0.1, 0.15) is 11.9 Å². The molecule has 0 spiro atoms. The second-order valence-electron chi connectivity index (χ2n) is 7.71. The minimum atomic E-state index is -0.493. The highest BCUT2D eigenvalue weighted by Crippen LogP contribution is 2.39. The first kappa shape index (κ1) is 20.2. The van der Waals surface area contributed by atoms with Crippen LogP contribution in [0, 0.1) is 29.0 Å². The lowest BCUT2D eigenvalue weighted by Crippen LogP contribution is -2.26. The van der Waals surface area contributed by atoms with Gasteiger partial charge in [-0.05, 0) is 30.5 Å². The molecular weight excluding hydrogens is 411 g/mol. The summed E-state index contributed by atoms with van der Waals surface area (Å²) in [4.78, 5) is 15.7. The lowest BCUT2D eigenvalue weighted by Gasteiger charge is -2.21. The van der Waals surface area contributed by atoms with E-state index in [4.69, 9.17) is 10.00 Å². The fraction of sp³-hybridized carbons (Fsp3) is 0.400. The lowest BCUT2D eigenvalue weighted by molar-refractivity contribution is 0.129. The quantitative estimate of drug-likeness (QED) is 0.741. The molecule has 2 aromatic rings. The maximum Gasteiger partial charge on any atom is 0.414 e. The van der Waals surface area contributed by atoms with Crippen LogP contribution in [-0.4, -0.2) is 46.8 Å². The largest absolute Gasteiger partial charge is 0.442 e. The first-order valence-electron chi connectivity index (χ1n) is 9.58. The average molecular weight is 431 g/mol. The summed E-state index contributed by atoms with van der Waals surface area (Å²) in [6, 6.07) is 7.09. The van der Waals surface area contributed by atoms with Crippen LogP contribution in [0.3, 0.4) is 0 Å². The highest BCUT2D eigenvalue weighted by molar-refractivity contribution is 5.90. The third-order valence-corrected chi connectivity index (χ3v) is 5.85. The van der Waals surface area contributed by atoms with Gasteiger partial charge < -0.3 is 9.64 Å². The minimum Gasteiger partial charge on any atom is -0.442 e. The molecule has 2 unspecified atom stereocenters. The summed E-state index contributed by atoms with van der Waals surface area (Å²) in [5.41, 5.74) is 1.84. The van der Waals surface area contributed by atoms with Crippen molar-refractivity contribution in [1.29, 1.82) is 5.26 Å². The van der Waals surface area contributed by atoms with Gasteiger partial charge in [0, 0.05) is 30.8 Å². The maximum absolute atomic E-state index is 14.9. The number of cyclic esters (lactones) is 1. The predicted octanol–water partition coefficient (Wildman–Crippen LogP) is 2.77. The molecule has 8 nitrogen and oxygen atoms in total. The summed E-state index contributed by atoms with van der Waals surface area (Å²) >= 11 is 0. The number of nitrogens with zero attached hydrogens (tertiary/aromatic N) is 6. The molecule has 1 aliphatic carbocycles. The molecule has 30 heavy (non-hydrogen) atoms. The van der Waals surface area contributed by atoms with Gasteiger partial charge in [-0.1, -0.05) is 11.3 Å². The van der Waals surface area contributed by atoms with Crippen molar-refractivity contribution in [3.05, 3.63) is 48.1 Å². The Labute approximate surface area is 178 Å². The van der Waals surface area contributed by atoms with E-state index >= 15 is 0 Å². The van der Waals surface area contributed by atoms with Gasteiger partial charge in [-0.3, -0.25) is 4.90 Å². The van der Waals surface area contributed by atoms with Crippen molar-refractivity contribution in [1.82, 2.24) is 15.0 Å². The number of anilines is 2. The van der Waals surface area contributed by atoms with Gasteiger partial charge in [-0.25, -0.2) is 13.9 Å². The molecule has 1 aromatic carbocycles. The Bertz CT molecular complexity index is 1020. The topological polar surface area (TPSA) is 87.3 Å². The summed E-state index contributed by atoms with van der Waals surface area (Å²) in [6.07, 6.45) is 5.19. The first-order valence-corrected chi connectivity index (χ1v) is 9.58. The Hall–Kier alpha value is -3.12. The van der Waals surface area contributed by atoms with Gasteiger partial charge in [0.15, 0.2) is 0 Å². The normalized spacial score (nSPS) is 24.9. The number of fused-ring (bicyclic) bond motifs is 1. The molecule has 1 aromatic heterocycles. The number of hydrogen-bond acceptors (Lipinski definition) is 6. The second-order valence-corrected chi connectivity index (χ2v) is 7.71. The van der Waals surface area contributed by atoms with Crippen LogP contribution in [0.25, 0.3) is 0 Å². The number of carbonyl (C=O) groups excluding carboxylic acids is 1. The van der Waals surface area contributed by atoms with Crippen molar-refractivity contribution in [2.45, 2.75) is 19.1 Å². The molecule has 0 radical (unpaired) electrons. The number of rotatable bonds is 4. The van der Waals surface area contributed by atoms with Crippen molar-refractivity contribution < 1.29 is 13.9 Å². The van der Waals surface area contributed by atoms with Crippen LogP contribution in [0.15, 0.2) is 42.2 Å². The third-order valence-electron chi connectivity index (χ3n) is 5.85. The molecule has 0 N–H and O–H groups in total. The van der Waals surface area contributed by atoms with Crippen LogP contribution < -0.4 is 9.80 Å². The summed E-state index contributed by atoms with van der Waals surface area (Å²) < 4.78 is 21.9. The number of halogens is 2. The van der Waals surface area contributed by atoms with E-state index in [2.05, 4.69) is 16.4 Å². The van der Waals surface area contributed by atoms with Gasteiger partial charge >= 0.3 is 6.09 Å². The average Bonchev–Trinajstić information content (AvgIpc) is 3.46. The molecule has 2 aliphatic heterocycles. The maximum atomic E-state index is 14.9. The molecule has 10 heteroatoms. The zero-order valence-electron chi connectivity index (χ0n) is 16.0. The van der Waals surface area contributed by atoms with E-state index in [1.54, 1.807) is 29.2 Å². The predicted molar refractivity (Wildman–Crippen MR) is 109 cm³/mol. The fourth-order valence-corrected chi connectivity index (χ4v) is 4.48. The van der Waals surface area contributed by atoms with Crippen molar-refractivity contribution in [2.24, 2.45) is 11.8 Å². The molecule has 3 atom stereocenters. The molecular formula is C20H20ClFN6O2. The van der Waals surface area contributed by atoms with E-state index in [9.17, 15) is 9.18 Å². The van der Waals surface area contributed by atoms with Crippen LogP contribution in [0.2, 0.25) is 0 Å². The molecule has 1 amide bonds. The van der Waals surface area contributed by atoms with Gasteiger partial charge in [-0.2, -0.15) is 5.26 Å². The molecule has 2 fully saturated rings. The van der Waals surface area contributed by atoms with Crippen molar-refractivity contribution in [3.8, 4) is 6.07 Å². The number of carbonyl (C=O) groups is 1. The third kappa shape index (κ3) is 3.59. The molecule has 3 heterocycles. The van der Waals surface area contributed by atoms with Crippen LogP contribution in [0.4, 0.5) is 20.6 Å². The standard InChI is InChI=1S/C20H19FN6O2.ClH/c21-18-7-16(27-12-17(29-20(27)28)11-26-4-3-23-24-26)1-2-19(18)25-9-14-5-13(8-22)6-15(14)10-25;/h1-5,7,14-15,17H,6,9-12H2;1H/t14?,15?,17-;/m0./s1. The van der Waals surface area contributed by atoms with Crippen LogP contribution >= 0.6 is 12.4 Å². The molecule has 5 rings (SSSR count). The number of ether oxygens (including phenoxy) is 1. The molecule has 3 aliphatic rings. The zero-order valence-corrected chi connectivity index (χ0v) is 16.8. The monoisotopic (exact) mass is 430 g/mol. The van der Waals surface area contributed by atoms with E-state index < -0.39 is 6.09 Å². The number of hydrogen-bond donors (Lipinski definition) is 0. The highest BCUT2D eigenvalue weighted by Gasteiger charge is 2.38. The Morgan fingerprint density at radius 1 is 1.30 bits per heavy atom. The Morgan fingerprint density at radius 3 is 2.87 bits per heavy atom. The number of nitriles is 1. The van der Waals surface area contributed by atoms with E-state index in [1.165, 1.54) is 11.0 Å². The van der Waals surface area contributed by atoms with Crippen LogP contribution in [0.5, 0.6) is 0 Å². The fourth-order valence-electron chi connectivity index (χ4n) is 4.48. The zero-order chi connectivity index (χ0) is 20.0.